The molecular weight excluding hydrogens is 314 g/mol. The lowest BCUT2D eigenvalue weighted by Gasteiger charge is -2.33. The maximum absolute atomic E-state index is 11.0. The van der Waals surface area contributed by atoms with Crippen LogP contribution in [0.15, 0.2) is 54.6 Å². The summed E-state index contributed by atoms with van der Waals surface area (Å²) in [6, 6.07) is 18.3. The zero-order valence-corrected chi connectivity index (χ0v) is 14.2. The Labute approximate surface area is 147 Å². The van der Waals surface area contributed by atoms with Gasteiger partial charge in [-0.15, -0.1) is 0 Å². The summed E-state index contributed by atoms with van der Waals surface area (Å²) in [4.78, 5) is 4.73. The number of anilines is 1. The summed E-state index contributed by atoms with van der Waals surface area (Å²) in [6.07, 6.45) is 1.30. The number of nitrogens with one attached hydrogen (secondary N) is 1. The largest absolute Gasteiger partial charge is 0.388 e. The van der Waals surface area contributed by atoms with Crippen LogP contribution < -0.4 is 5.32 Å². The monoisotopic (exact) mass is 337 g/mol. The third-order valence-corrected chi connectivity index (χ3v) is 4.82. The van der Waals surface area contributed by atoms with E-state index < -0.39 is 5.60 Å². The van der Waals surface area contributed by atoms with Gasteiger partial charge in [0.25, 0.3) is 0 Å². The quantitative estimate of drug-likeness (QED) is 0.751. The summed E-state index contributed by atoms with van der Waals surface area (Å²) in [7, 11) is 0. The van der Waals surface area contributed by atoms with E-state index in [4.69, 9.17) is 9.72 Å². The van der Waals surface area contributed by atoms with Crippen LogP contribution in [0.1, 0.15) is 18.4 Å². The van der Waals surface area contributed by atoms with Crippen molar-refractivity contribution in [1.82, 2.24) is 9.55 Å². The van der Waals surface area contributed by atoms with Gasteiger partial charge < -0.3 is 19.7 Å². The first-order chi connectivity index (χ1) is 12.2. The summed E-state index contributed by atoms with van der Waals surface area (Å²) in [5.41, 5.74) is 2.43. The zero-order valence-electron chi connectivity index (χ0n) is 14.2. The first-order valence-electron chi connectivity index (χ1n) is 8.77. The van der Waals surface area contributed by atoms with E-state index >= 15 is 0 Å². The Bertz CT molecular complexity index is 839. The number of fused-ring (bicyclic) bond motifs is 1. The molecule has 0 radical (unpaired) electrons. The van der Waals surface area contributed by atoms with Crippen molar-refractivity contribution in [3.8, 4) is 0 Å². The number of benzene rings is 2. The molecule has 3 aromatic rings. The van der Waals surface area contributed by atoms with Crippen molar-refractivity contribution in [3.63, 3.8) is 0 Å². The Morgan fingerprint density at radius 2 is 1.76 bits per heavy atom. The third-order valence-electron chi connectivity index (χ3n) is 4.82. The highest BCUT2D eigenvalue weighted by atomic mass is 16.5. The summed E-state index contributed by atoms with van der Waals surface area (Å²) in [5, 5.41) is 14.4. The molecule has 25 heavy (non-hydrogen) atoms. The van der Waals surface area contributed by atoms with Crippen LogP contribution in [0, 0.1) is 0 Å². The standard InChI is InChI=1S/C20H23N3O2/c24-20(10-12-25-13-11-20)15-23-18-9-5-4-8-17(18)22-19(23)21-14-16-6-2-1-3-7-16/h1-9,24H,10-15H2,(H,21,22). The highest BCUT2D eigenvalue weighted by Crippen LogP contribution is 2.28. The van der Waals surface area contributed by atoms with E-state index in [0.29, 0.717) is 39.1 Å². The topological polar surface area (TPSA) is 59.3 Å². The highest BCUT2D eigenvalue weighted by molar-refractivity contribution is 5.78. The first kappa shape index (κ1) is 16.1. The number of rotatable bonds is 5. The molecule has 4 rings (SSSR count). The lowest BCUT2D eigenvalue weighted by molar-refractivity contribution is -0.0719. The minimum Gasteiger partial charge on any atom is -0.388 e. The van der Waals surface area contributed by atoms with Crippen LogP contribution >= 0.6 is 0 Å². The maximum Gasteiger partial charge on any atom is 0.204 e. The van der Waals surface area contributed by atoms with Gasteiger partial charge in [0, 0.05) is 32.6 Å². The number of ether oxygens (including phenoxy) is 1. The number of para-hydroxylation sites is 2. The Balaban J connectivity index is 1.63. The van der Waals surface area contributed by atoms with Crippen LogP contribution in [0.2, 0.25) is 0 Å². The van der Waals surface area contributed by atoms with Crippen LogP contribution in [-0.4, -0.2) is 33.5 Å². The van der Waals surface area contributed by atoms with Crippen molar-refractivity contribution < 1.29 is 9.84 Å². The van der Waals surface area contributed by atoms with Gasteiger partial charge in [0.05, 0.1) is 23.2 Å². The molecule has 130 valence electrons. The summed E-state index contributed by atoms with van der Waals surface area (Å²) >= 11 is 0. The molecule has 0 bridgehead atoms. The Morgan fingerprint density at radius 3 is 2.56 bits per heavy atom. The molecule has 1 aromatic heterocycles. The maximum atomic E-state index is 11.0. The van der Waals surface area contributed by atoms with E-state index in [9.17, 15) is 5.11 Å². The number of hydrogen-bond donors (Lipinski definition) is 2. The Morgan fingerprint density at radius 1 is 1.04 bits per heavy atom. The third kappa shape index (κ3) is 3.52. The van der Waals surface area contributed by atoms with Gasteiger partial charge in [-0.25, -0.2) is 4.98 Å². The van der Waals surface area contributed by atoms with Gasteiger partial charge in [-0.1, -0.05) is 42.5 Å². The van der Waals surface area contributed by atoms with Crippen molar-refractivity contribution in [1.29, 1.82) is 0 Å². The van der Waals surface area contributed by atoms with Crippen LogP contribution in [0.5, 0.6) is 0 Å². The molecule has 0 aliphatic carbocycles. The molecule has 0 saturated carbocycles. The number of imidazole rings is 1. The normalized spacial score (nSPS) is 16.8. The smallest absolute Gasteiger partial charge is 0.204 e. The van der Waals surface area contributed by atoms with Gasteiger partial charge in [-0.2, -0.15) is 0 Å². The van der Waals surface area contributed by atoms with Gasteiger partial charge in [-0.05, 0) is 17.7 Å². The summed E-state index contributed by atoms with van der Waals surface area (Å²) < 4.78 is 7.51. The average molecular weight is 337 g/mol. The second-order valence-electron chi connectivity index (χ2n) is 6.69. The molecule has 2 aromatic carbocycles. The molecular formula is C20H23N3O2. The van der Waals surface area contributed by atoms with Crippen LogP contribution in [-0.2, 0) is 17.8 Å². The van der Waals surface area contributed by atoms with Gasteiger partial charge in [0.15, 0.2) is 0 Å². The number of aliphatic hydroxyl groups is 1. The summed E-state index contributed by atoms with van der Waals surface area (Å²) in [5.74, 6) is 0.796. The van der Waals surface area contributed by atoms with Crippen molar-refractivity contribution in [2.24, 2.45) is 0 Å². The lowest BCUT2D eigenvalue weighted by atomic mass is 9.94. The average Bonchev–Trinajstić information content (AvgIpc) is 2.99. The van der Waals surface area contributed by atoms with E-state index in [0.717, 1.165) is 17.0 Å². The first-order valence-corrected chi connectivity index (χ1v) is 8.77. The van der Waals surface area contributed by atoms with E-state index in [1.807, 2.05) is 36.4 Å². The Hall–Kier alpha value is -2.37. The highest BCUT2D eigenvalue weighted by Gasteiger charge is 2.31. The minimum atomic E-state index is -0.745. The molecule has 0 atom stereocenters. The van der Waals surface area contributed by atoms with Gasteiger partial charge >= 0.3 is 0 Å². The molecule has 1 saturated heterocycles. The second-order valence-corrected chi connectivity index (χ2v) is 6.69. The molecule has 0 amide bonds. The molecule has 0 spiro atoms. The van der Waals surface area contributed by atoms with Crippen LogP contribution in [0.25, 0.3) is 11.0 Å². The molecule has 1 fully saturated rings. The molecule has 2 heterocycles. The number of nitrogens with zero attached hydrogens (tertiary/aromatic N) is 2. The second kappa shape index (κ2) is 6.86. The SMILES string of the molecule is OC1(Cn2c(NCc3ccccc3)nc3ccccc32)CCOCC1. The van der Waals surface area contributed by atoms with Gasteiger partial charge in [-0.3, -0.25) is 0 Å². The lowest BCUT2D eigenvalue weighted by Crippen LogP contribution is -2.40. The minimum absolute atomic E-state index is 0.522. The van der Waals surface area contributed by atoms with E-state index in [-0.39, 0.29) is 0 Å². The number of aromatic nitrogens is 2. The zero-order chi connectivity index (χ0) is 17.1. The Kier molecular flexibility index (Phi) is 4.42. The van der Waals surface area contributed by atoms with Crippen LogP contribution in [0.4, 0.5) is 5.95 Å². The van der Waals surface area contributed by atoms with Crippen molar-refractivity contribution in [2.45, 2.75) is 31.5 Å². The predicted molar refractivity (Wildman–Crippen MR) is 98.5 cm³/mol. The van der Waals surface area contributed by atoms with Crippen LogP contribution in [0.3, 0.4) is 0 Å². The molecule has 1 aliphatic rings. The predicted octanol–water partition coefficient (Wildman–Crippen LogP) is 3.19. The molecule has 5 heteroatoms. The van der Waals surface area contributed by atoms with E-state index in [2.05, 4.69) is 28.1 Å². The summed E-state index contributed by atoms with van der Waals surface area (Å²) in [6.45, 7) is 2.44. The molecule has 1 aliphatic heterocycles. The van der Waals surface area contributed by atoms with Crippen molar-refractivity contribution in [2.75, 3.05) is 18.5 Å². The van der Waals surface area contributed by atoms with Gasteiger partial charge in [0.1, 0.15) is 0 Å². The van der Waals surface area contributed by atoms with E-state index in [1.165, 1.54) is 5.56 Å². The molecule has 0 unspecified atom stereocenters. The van der Waals surface area contributed by atoms with Crippen molar-refractivity contribution in [3.05, 3.63) is 60.2 Å². The van der Waals surface area contributed by atoms with Gasteiger partial charge in [0.2, 0.25) is 5.95 Å². The number of hydrogen-bond acceptors (Lipinski definition) is 4. The fraction of sp³-hybridized carbons (Fsp3) is 0.350. The van der Waals surface area contributed by atoms with E-state index in [1.54, 1.807) is 0 Å². The fourth-order valence-electron chi connectivity index (χ4n) is 3.35. The fourth-order valence-corrected chi connectivity index (χ4v) is 3.35. The molecule has 2 N–H and O–H groups in total. The van der Waals surface area contributed by atoms with Crippen molar-refractivity contribution >= 4 is 17.0 Å². The molecule has 5 nitrogen and oxygen atoms in total.